The SMILES string of the molecule is CCN1C2CCC1CC(Cc1cc(F)ccc1S(=O)Nc1ccc3c(c1C(=O)OC)OCC1CC31)C2. The van der Waals surface area contributed by atoms with Gasteiger partial charge in [-0.05, 0) is 92.3 Å². The fourth-order valence-electron chi connectivity index (χ4n) is 6.86. The van der Waals surface area contributed by atoms with E-state index in [2.05, 4.69) is 16.5 Å². The average molecular weight is 513 g/mol. The monoisotopic (exact) mass is 512 g/mol. The number of anilines is 1. The average Bonchev–Trinajstić information content (AvgIpc) is 3.62. The molecule has 5 atom stereocenters. The molecule has 6 nitrogen and oxygen atoms in total. The standard InChI is InChI=1S/C28H33FN2O4S/c1-3-31-20-5-6-21(31)12-16(11-20)10-17-13-19(29)4-9-25(17)36(33)30-24-8-7-22-23-14-18(23)15-35-27(22)26(24)28(32)34-2/h4,7-9,13,16,18,20-21,23,30H,3,5-6,10-12,14-15H2,1-2H3. The molecule has 3 aliphatic heterocycles. The van der Waals surface area contributed by atoms with Crippen LogP contribution in [0, 0.1) is 17.7 Å². The number of nitrogens with zero attached hydrogens (tertiary/aromatic N) is 1. The molecule has 1 N–H and O–H groups in total. The predicted molar refractivity (Wildman–Crippen MR) is 136 cm³/mol. The molecule has 3 fully saturated rings. The molecule has 3 heterocycles. The molecule has 1 saturated carbocycles. The Morgan fingerprint density at radius 3 is 2.69 bits per heavy atom. The molecular weight excluding hydrogens is 479 g/mol. The van der Waals surface area contributed by atoms with E-state index in [0.717, 1.165) is 36.9 Å². The van der Waals surface area contributed by atoms with Gasteiger partial charge in [-0.15, -0.1) is 0 Å². The number of fused-ring (bicyclic) bond motifs is 5. The maximum Gasteiger partial charge on any atom is 0.343 e. The third-order valence-electron chi connectivity index (χ3n) is 8.62. The molecule has 0 radical (unpaired) electrons. The van der Waals surface area contributed by atoms with Crippen molar-refractivity contribution >= 4 is 22.6 Å². The Kier molecular flexibility index (Phi) is 6.28. The number of methoxy groups -OCH3 is 1. The lowest BCUT2D eigenvalue weighted by Gasteiger charge is -2.38. The minimum Gasteiger partial charge on any atom is -0.492 e. The molecule has 0 aromatic heterocycles. The van der Waals surface area contributed by atoms with Gasteiger partial charge in [-0.3, -0.25) is 4.90 Å². The summed E-state index contributed by atoms with van der Waals surface area (Å²) >= 11 is 0. The van der Waals surface area contributed by atoms with E-state index in [1.54, 1.807) is 12.1 Å². The third kappa shape index (κ3) is 4.22. The number of carbonyl (C=O) groups excluding carboxylic acids is 1. The summed E-state index contributed by atoms with van der Waals surface area (Å²) in [6.45, 7) is 3.88. The van der Waals surface area contributed by atoms with Crippen molar-refractivity contribution in [3.63, 3.8) is 0 Å². The molecule has 6 rings (SSSR count). The molecule has 36 heavy (non-hydrogen) atoms. The van der Waals surface area contributed by atoms with Gasteiger partial charge in [-0.1, -0.05) is 13.0 Å². The molecule has 2 aromatic carbocycles. The zero-order chi connectivity index (χ0) is 25.0. The molecule has 2 aromatic rings. The lowest BCUT2D eigenvalue weighted by Crippen LogP contribution is -2.43. The van der Waals surface area contributed by atoms with E-state index in [4.69, 9.17) is 9.47 Å². The van der Waals surface area contributed by atoms with E-state index in [1.165, 1.54) is 32.1 Å². The summed E-state index contributed by atoms with van der Waals surface area (Å²) in [6.07, 6.45) is 6.41. The fraction of sp³-hybridized carbons (Fsp3) is 0.536. The first-order valence-corrected chi connectivity index (χ1v) is 14.2. The van der Waals surface area contributed by atoms with Gasteiger partial charge in [0.1, 0.15) is 17.1 Å². The Labute approximate surface area is 214 Å². The van der Waals surface area contributed by atoms with Crippen LogP contribution in [0.15, 0.2) is 35.2 Å². The molecule has 2 saturated heterocycles. The number of esters is 1. The van der Waals surface area contributed by atoms with Crippen molar-refractivity contribution in [2.24, 2.45) is 11.8 Å². The first-order chi connectivity index (χ1) is 17.5. The van der Waals surface area contributed by atoms with Crippen LogP contribution in [0.3, 0.4) is 0 Å². The molecule has 8 heteroatoms. The molecular formula is C28H33FN2O4S. The van der Waals surface area contributed by atoms with Crippen molar-refractivity contribution in [1.82, 2.24) is 4.90 Å². The van der Waals surface area contributed by atoms with Crippen molar-refractivity contribution in [2.75, 3.05) is 25.0 Å². The van der Waals surface area contributed by atoms with Crippen molar-refractivity contribution < 1.29 is 22.9 Å². The Bertz CT molecular complexity index is 1210. The van der Waals surface area contributed by atoms with Crippen LogP contribution in [-0.2, 0) is 22.1 Å². The smallest absolute Gasteiger partial charge is 0.343 e. The summed E-state index contributed by atoms with van der Waals surface area (Å²) in [7, 11) is -0.354. The Balaban J connectivity index is 1.26. The van der Waals surface area contributed by atoms with Crippen LogP contribution < -0.4 is 9.46 Å². The second kappa shape index (κ2) is 9.45. The number of ether oxygens (including phenoxy) is 2. The highest BCUT2D eigenvalue weighted by atomic mass is 32.2. The van der Waals surface area contributed by atoms with Crippen molar-refractivity contribution in [3.05, 3.63) is 52.8 Å². The van der Waals surface area contributed by atoms with Gasteiger partial charge in [0.05, 0.1) is 24.3 Å². The summed E-state index contributed by atoms with van der Waals surface area (Å²) in [5.74, 6) is 1.04. The number of benzene rings is 2. The van der Waals surface area contributed by atoms with E-state index in [-0.39, 0.29) is 11.4 Å². The number of carbonyl (C=O) groups is 1. The topological polar surface area (TPSA) is 67.9 Å². The molecule has 0 spiro atoms. The van der Waals surface area contributed by atoms with E-state index >= 15 is 0 Å². The number of piperidine rings is 1. The van der Waals surface area contributed by atoms with Crippen LogP contribution in [0.2, 0.25) is 0 Å². The van der Waals surface area contributed by atoms with Crippen molar-refractivity contribution in [3.8, 4) is 5.75 Å². The van der Waals surface area contributed by atoms with Crippen LogP contribution in [0.5, 0.6) is 5.75 Å². The minimum atomic E-state index is -1.69. The molecule has 1 aliphatic carbocycles. The molecule has 2 bridgehead atoms. The van der Waals surface area contributed by atoms with Crippen LogP contribution in [0.4, 0.5) is 10.1 Å². The van der Waals surface area contributed by atoms with E-state index in [9.17, 15) is 13.4 Å². The Hall–Kier alpha value is -2.45. The second-order valence-electron chi connectivity index (χ2n) is 10.7. The van der Waals surface area contributed by atoms with Crippen LogP contribution in [0.25, 0.3) is 0 Å². The molecule has 0 amide bonds. The Morgan fingerprint density at radius 1 is 1.19 bits per heavy atom. The van der Waals surface area contributed by atoms with Gasteiger partial charge >= 0.3 is 5.97 Å². The molecule has 4 aliphatic rings. The maximum atomic E-state index is 14.3. The van der Waals surface area contributed by atoms with Gasteiger partial charge in [0.15, 0.2) is 11.0 Å². The second-order valence-corrected chi connectivity index (χ2v) is 11.9. The minimum absolute atomic E-state index is 0.279. The summed E-state index contributed by atoms with van der Waals surface area (Å²) < 4.78 is 41.9. The summed E-state index contributed by atoms with van der Waals surface area (Å²) in [6, 6.07) is 9.42. The first kappa shape index (κ1) is 23.9. The van der Waals surface area contributed by atoms with Crippen LogP contribution in [0.1, 0.15) is 66.4 Å². The normalized spacial score (nSPS) is 29.0. The van der Waals surface area contributed by atoms with Crippen LogP contribution in [-0.4, -0.2) is 47.4 Å². The van der Waals surface area contributed by atoms with Crippen molar-refractivity contribution in [1.29, 1.82) is 0 Å². The zero-order valence-corrected chi connectivity index (χ0v) is 21.6. The van der Waals surface area contributed by atoms with E-state index in [1.807, 2.05) is 6.07 Å². The lowest BCUT2D eigenvalue weighted by molar-refractivity contribution is 0.0596. The number of halogens is 1. The van der Waals surface area contributed by atoms with Gasteiger partial charge < -0.3 is 14.2 Å². The van der Waals surface area contributed by atoms with E-state index in [0.29, 0.717) is 59.2 Å². The number of hydrogen-bond acceptors (Lipinski definition) is 5. The molecule has 5 unspecified atom stereocenters. The third-order valence-corrected chi connectivity index (χ3v) is 9.83. The highest BCUT2D eigenvalue weighted by Gasteiger charge is 2.45. The largest absolute Gasteiger partial charge is 0.492 e. The summed E-state index contributed by atoms with van der Waals surface area (Å²) in [5.41, 5.74) is 2.46. The number of nitrogens with one attached hydrogen (secondary N) is 1. The highest BCUT2D eigenvalue weighted by molar-refractivity contribution is 7.86. The first-order valence-electron chi connectivity index (χ1n) is 13.1. The van der Waals surface area contributed by atoms with Gasteiger partial charge in [0, 0.05) is 18.0 Å². The summed E-state index contributed by atoms with van der Waals surface area (Å²) in [4.78, 5) is 15.9. The predicted octanol–water partition coefficient (Wildman–Crippen LogP) is 5.05. The number of hydrogen-bond donors (Lipinski definition) is 1. The van der Waals surface area contributed by atoms with Gasteiger partial charge in [-0.2, -0.15) is 0 Å². The van der Waals surface area contributed by atoms with Gasteiger partial charge in [0.25, 0.3) is 0 Å². The summed E-state index contributed by atoms with van der Waals surface area (Å²) in [5, 5.41) is 0. The highest BCUT2D eigenvalue weighted by Crippen LogP contribution is 2.55. The van der Waals surface area contributed by atoms with E-state index < -0.39 is 17.0 Å². The van der Waals surface area contributed by atoms with Gasteiger partial charge in [0.2, 0.25) is 0 Å². The van der Waals surface area contributed by atoms with Gasteiger partial charge in [-0.25, -0.2) is 13.4 Å². The molecule has 192 valence electrons. The maximum absolute atomic E-state index is 14.3. The Morgan fingerprint density at radius 2 is 1.97 bits per heavy atom. The number of rotatable bonds is 7. The quantitative estimate of drug-likeness (QED) is 0.526. The van der Waals surface area contributed by atoms with Crippen LogP contribution >= 0.6 is 0 Å². The fourth-order valence-corrected chi connectivity index (χ4v) is 7.92. The lowest BCUT2D eigenvalue weighted by atomic mass is 9.86. The zero-order valence-electron chi connectivity index (χ0n) is 20.8. The van der Waals surface area contributed by atoms with Crippen molar-refractivity contribution in [2.45, 2.75) is 68.3 Å².